The summed E-state index contributed by atoms with van der Waals surface area (Å²) >= 11 is 5.19. The Morgan fingerprint density at radius 3 is 2.50 bits per heavy atom. The molecule has 1 heterocycles. The molecule has 0 spiro atoms. The van der Waals surface area contributed by atoms with Gasteiger partial charge in [-0.3, -0.25) is 10.1 Å². The Morgan fingerprint density at radius 2 is 1.80 bits per heavy atom. The van der Waals surface area contributed by atoms with Crippen molar-refractivity contribution in [1.82, 2.24) is 10.3 Å². The van der Waals surface area contributed by atoms with Gasteiger partial charge in [0.05, 0.1) is 7.11 Å². The molecule has 30 heavy (non-hydrogen) atoms. The van der Waals surface area contributed by atoms with Crippen LogP contribution in [0.5, 0.6) is 5.75 Å². The van der Waals surface area contributed by atoms with Crippen molar-refractivity contribution in [2.75, 3.05) is 12.4 Å². The van der Waals surface area contributed by atoms with Gasteiger partial charge in [-0.15, -0.1) is 0 Å². The van der Waals surface area contributed by atoms with Crippen LogP contribution in [0.2, 0.25) is 0 Å². The predicted molar refractivity (Wildman–Crippen MR) is 116 cm³/mol. The van der Waals surface area contributed by atoms with Gasteiger partial charge in [0.2, 0.25) is 5.89 Å². The number of methoxy groups -OCH3 is 1. The SMILES string of the molecule is COc1ccc(-c2nc3cc(NC(=S)NC(=O)c4ccc(F)cc4)ccc3o2)cc1. The number of nitrogens with one attached hydrogen (secondary N) is 2. The minimum absolute atomic E-state index is 0.113. The number of anilines is 1. The summed E-state index contributed by atoms with van der Waals surface area (Å²) < 4.78 is 23.9. The number of nitrogens with zero attached hydrogens (tertiary/aromatic N) is 1. The third-order valence-electron chi connectivity index (χ3n) is 4.32. The second-order valence-corrected chi connectivity index (χ2v) is 6.75. The number of ether oxygens (including phenoxy) is 1. The molecular weight excluding hydrogens is 405 g/mol. The van der Waals surface area contributed by atoms with Crippen molar-refractivity contribution in [3.05, 3.63) is 78.1 Å². The molecule has 0 saturated heterocycles. The highest BCUT2D eigenvalue weighted by atomic mass is 32.1. The van der Waals surface area contributed by atoms with E-state index in [1.165, 1.54) is 24.3 Å². The van der Waals surface area contributed by atoms with Crippen LogP contribution in [0.4, 0.5) is 10.1 Å². The molecule has 0 aliphatic heterocycles. The number of thiocarbonyl (C=S) groups is 1. The summed E-state index contributed by atoms with van der Waals surface area (Å²) in [5.74, 6) is 0.383. The van der Waals surface area contributed by atoms with Crippen LogP contribution in [-0.2, 0) is 0 Å². The molecule has 150 valence electrons. The van der Waals surface area contributed by atoms with E-state index in [2.05, 4.69) is 15.6 Å². The van der Waals surface area contributed by atoms with Gasteiger partial charge >= 0.3 is 0 Å². The Bertz CT molecular complexity index is 1220. The van der Waals surface area contributed by atoms with Crippen LogP contribution in [0.1, 0.15) is 10.4 Å². The second-order valence-electron chi connectivity index (χ2n) is 6.35. The third kappa shape index (κ3) is 4.28. The number of benzene rings is 3. The molecular formula is C22H16FN3O3S. The fourth-order valence-electron chi connectivity index (χ4n) is 2.80. The highest BCUT2D eigenvalue weighted by Gasteiger charge is 2.11. The standard InChI is InChI=1S/C22H16FN3O3S/c1-28-17-9-4-14(5-10-17)21-25-18-12-16(8-11-19(18)29-21)24-22(30)26-20(27)13-2-6-15(23)7-3-13/h2-12H,1H3,(H2,24,26,27,30). The van der Waals surface area contributed by atoms with E-state index < -0.39 is 11.7 Å². The van der Waals surface area contributed by atoms with Crippen molar-refractivity contribution in [3.63, 3.8) is 0 Å². The molecule has 1 aromatic heterocycles. The normalized spacial score (nSPS) is 10.6. The third-order valence-corrected chi connectivity index (χ3v) is 4.52. The average molecular weight is 421 g/mol. The maximum Gasteiger partial charge on any atom is 0.257 e. The van der Waals surface area contributed by atoms with Gasteiger partial charge < -0.3 is 14.5 Å². The maximum atomic E-state index is 13.0. The molecule has 6 nitrogen and oxygen atoms in total. The number of hydrogen-bond acceptors (Lipinski definition) is 5. The molecule has 0 fully saturated rings. The lowest BCUT2D eigenvalue weighted by Crippen LogP contribution is -2.34. The number of oxazole rings is 1. The van der Waals surface area contributed by atoms with E-state index in [9.17, 15) is 9.18 Å². The van der Waals surface area contributed by atoms with Gasteiger partial charge in [-0.25, -0.2) is 9.37 Å². The zero-order valence-corrected chi connectivity index (χ0v) is 16.6. The number of amides is 1. The molecule has 4 rings (SSSR count). The summed E-state index contributed by atoms with van der Waals surface area (Å²) in [5, 5.41) is 5.61. The van der Waals surface area contributed by atoms with E-state index in [0.717, 1.165) is 11.3 Å². The van der Waals surface area contributed by atoms with Gasteiger partial charge in [0.1, 0.15) is 17.1 Å². The van der Waals surface area contributed by atoms with Gasteiger partial charge in [-0.05, 0) is 78.9 Å². The van der Waals surface area contributed by atoms with Crippen molar-refractivity contribution < 1.29 is 18.3 Å². The molecule has 0 aliphatic carbocycles. The molecule has 0 unspecified atom stereocenters. The number of fused-ring (bicyclic) bond motifs is 1. The van der Waals surface area contributed by atoms with Crippen molar-refractivity contribution in [1.29, 1.82) is 0 Å². The Labute approximate surface area is 176 Å². The van der Waals surface area contributed by atoms with Crippen molar-refractivity contribution in [2.24, 2.45) is 0 Å². The number of halogens is 1. The summed E-state index contributed by atoms with van der Waals surface area (Å²) in [4.78, 5) is 16.7. The van der Waals surface area contributed by atoms with Crippen LogP contribution in [-0.4, -0.2) is 23.1 Å². The molecule has 4 aromatic rings. The van der Waals surface area contributed by atoms with Crippen LogP contribution in [0, 0.1) is 5.82 Å². The van der Waals surface area contributed by atoms with E-state index >= 15 is 0 Å². The van der Waals surface area contributed by atoms with E-state index in [0.29, 0.717) is 28.2 Å². The lowest BCUT2D eigenvalue weighted by Gasteiger charge is -2.09. The first kappa shape index (κ1) is 19.5. The van der Waals surface area contributed by atoms with Crippen molar-refractivity contribution >= 4 is 40.0 Å². The van der Waals surface area contributed by atoms with Crippen LogP contribution >= 0.6 is 12.2 Å². The number of rotatable bonds is 4. The molecule has 1 amide bonds. The van der Waals surface area contributed by atoms with E-state index in [1.807, 2.05) is 24.3 Å². The Morgan fingerprint density at radius 1 is 1.07 bits per heavy atom. The van der Waals surface area contributed by atoms with E-state index in [4.69, 9.17) is 21.4 Å². The number of aromatic nitrogens is 1. The minimum Gasteiger partial charge on any atom is -0.497 e. The predicted octanol–water partition coefficient (Wildman–Crippen LogP) is 4.77. The van der Waals surface area contributed by atoms with Gasteiger partial charge in [-0.1, -0.05) is 0 Å². The minimum atomic E-state index is -0.434. The Kier molecular flexibility index (Phi) is 5.40. The molecule has 0 aliphatic rings. The fraction of sp³-hybridized carbons (Fsp3) is 0.0455. The maximum absolute atomic E-state index is 13.0. The van der Waals surface area contributed by atoms with Crippen molar-refractivity contribution in [2.45, 2.75) is 0 Å². The van der Waals surface area contributed by atoms with Crippen molar-refractivity contribution in [3.8, 4) is 17.2 Å². The Balaban J connectivity index is 1.47. The zero-order valence-electron chi connectivity index (χ0n) is 15.8. The van der Waals surface area contributed by atoms with E-state index in [-0.39, 0.29) is 5.11 Å². The number of hydrogen-bond donors (Lipinski definition) is 2. The Hall–Kier alpha value is -3.78. The lowest BCUT2D eigenvalue weighted by atomic mass is 10.2. The molecule has 0 radical (unpaired) electrons. The largest absolute Gasteiger partial charge is 0.497 e. The molecule has 0 atom stereocenters. The highest BCUT2D eigenvalue weighted by Crippen LogP contribution is 2.27. The van der Waals surface area contributed by atoms with Crippen LogP contribution in [0.15, 0.2) is 71.1 Å². The highest BCUT2D eigenvalue weighted by molar-refractivity contribution is 7.80. The first-order valence-electron chi connectivity index (χ1n) is 8.95. The van der Waals surface area contributed by atoms with Gasteiger partial charge in [-0.2, -0.15) is 0 Å². The molecule has 8 heteroatoms. The van der Waals surface area contributed by atoms with Crippen LogP contribution < -0.4 is 15.4 Å². The summed E-state index contributed by atoms with van der Waals surface area (Å²) in [6, 6.07) is 17.9. The van der Waals surface area contributed by atoms with Crippen LogP contribution in [0.25, 0.3) is 22.6 Å². The first-order valence-corrected chi connectivity index (χ1v) is 9.35. The van der Waals surface area contributed by atoms with Crippen LogP contribution in [0.3, 0.4) is 0 Å². The van der Waals surface area contributed by atoms with Gasteiger partial charge in [0.25, 0.3) is 5.91 Å². The lowest BCUT2D eigenvalue weighted by molar-refractivity contribution is 0.0977. The number of carbonyl (C=O) groups is 1. The quantitative estimate of drug-likeness (QED) is 0.463. The monoisotopic (exact) mass is 421 g/mol. The summed E-state index contributed by atoms with van der Waals surface area (Å²) in [6.07, 6.45) is 0. The summed E-state index contributed by atoms with van der Waals surface area (Å²) in [5.41, 5.74) is 3.02. The topological polar surface area (TPSA) is 76.4 Å². The first-order chi connectivity index (χ1) is 14.5. The van der Waals surface area contributed by atoms with Gasteiger partial charge in [0.15, 0.2) is 10.7 Å². The van der Waals surface area contributed by atoms with E-state index in [1.54, 1.807) is 25.3 Å². The molecule has 2 N–H and O–H groups in total. The number of carbonyl (C=O) groups excluding carboxylic acids is 1. The average Bonchev–Trinajstić information content (AvgIpc) is 3.17. The smallest absolute Gasteiger partial charge is 0.257 e. The van der Waals surface area contributed by atoms with Gasteiger partial charge in [0, 0.05) is 16.8 Å². The zero-order chi connectivity index (χ0) is 21.1. The summed E-state index contributed by atoms with van der Waals surface area (Å²) in [6.45, 7) is 0. The molecule has 0 saturated carbocycles. The second kappa shape index (κ2) is 8.30. The fourth-order valence-corrected chi connectivity index (χ4v) is 3.01. The summed E-state index contributed by atoms with van der Waals surface area (Å²) in [7, 11) is 1.61. The molecule has 0 bridgehead atoms. The molecule has 3 aromatic carbocycles.